The van der Waals surface area contributed by atoms with Gasteiger partial charge in [-0.05, 0) is 13.8 Å². The molecule has 64 valence electrons. The smallest absolute Gasteiger partial charge is 0.188 e. The molecule has 4 nitrogen and oxygen atoms in total. The van der Waals surface area contributed by atoms with E-state index in [1.807, 2.05) is 4.90 Å². The zero-order valence-corrected chi connectivity index (χ0v) is 7.09. The van der Waals surface area contributed by atoms with Gasteiger partial charge in [0.15, 0.2) is 5.96 Å². The van der Waals surface area contributed by atoms with Gasteiger partial charge in [-0.3, -0.25) is 5.41 Å². The van der Waals surface area contributed by atoms with Crippen molar-refractivity contribution in [3.8, 4) is 0 Å². The fraction of sp³-hybridized carbons (Fsp3) is 0.857. The van der Waals surface area contributed by atoms with E-state index in [2.05, 4.69) is 19.2 Å². The highest BCUT2D eigenvalue weighted by atomic mass is 15.3. The second kappa shape index (κ2) is 3.09. The van der Waals surface area contributed by atoms with Crippen molar-refractivity contribution in [2.45, 2.75) is 25.9 Å². The summed E-state index contributed by atoms with van der Waals surface area (Å²) in [4.78, 5) is 1.92. The molecule has 0 bridgehead atoms. The Morgan fingerprint density at radius 1 is 1.64 bits per heavy atom. The van der Waals surface area contributed by atoms with Crippen LogP contribution in [0.1, 0.15) is 13.8 Å². The minimum absolute atomic E-state index is 0.186. The number of nitrogens with zero attached hydrogens (tertiary/aromatic N) is 1. The molecule has 0 aromatic carbocycles. The van der Waals surface area contributed by atoms with Crippen LogP contribution in [0.4, 0.5) is 0 Å². The van der Waals surface area contributed by atoms with E-state index in [1.54, 1.807) is 0 Å². The normalized spacial score (nSPS) is 32.0. The molecule has 0 amide bonds. The molecule has 0 aromatic heterocycles. The molecule has 4 heteroatoms. The second-order valence-corrected chi connectivity index (χ2v) is 3.06. The van der Waals surface area contributed by atoms with Crippen LogP contribution in [0, 0.1) is 5.41 Å². The number of guanidine groups is 1. The van der Waals surface area contributed by atoms with Gasteiger partial charge in [0.25, 0.3) is 0 Å². The molecule has 1 rings (SSSR count). The minimum Gasteiger partial charge on any atom is -0.370 e. The first-order chi connectivity index (χ1) is 5.13. The Labute approximate surface area is 67.3 Å². The van der Waals surface area contributed by atoms with E-state index in [4.69, 9.17) is 11.1 Å². The average Bonchev–Trinajstić information content (AvgIpc) is 1.94. The van der Waals surface area contributed by atoms with Gasteiger partial charge in [0, 0.05) is 25.2 Å². The Balaban J connectivity index is 2.58. The molecule has 0 aromatic rings. The third-order valence-electron chi connectivity index (χ3n) is 2.34. The molecule has 11 heavy (non-hydrogen) atoms. The molecule has 0 saturated carbocycles. The largest absolute Gasteiger partial charge is 0.370 e. The molecule has 1 aliphatic heterocycles. The van der Waals surface area contributed by atoms with Gasteiger partial charge in [0.05, 0.1) is 0 Å². The third kappa shape index (κ3) is 1.63. The van der Waals surface area contributed by atoms with Crippen molar-refractivity contribution in [1.82, 2.24) is 10.2 Å². The molecule has 0 radical (unpaired) electrons. The first kappa shape index (κ1) is 8.33. The van der Waals surface area contributed by atoms with Crippen molar-refractivity contribution in [2.75, 3.05) is 13.1 Å². The SMILES string of the molecule is C[C@@H]1NCCN(C(=N)N)[C@H]1C. The zero-order valence-electron chi connectivity index (χ0n) is 7.09. The van der Waals surface area contributed by atoms with Crippen molar-refractivity contribution < 1.29 is 0 Å². The van der Waals surface area contributed by atoms with Crippen LogP contribution in [0.2, 0.25) is 0 Å². The quantitative estimate of drug-likeness (QED) is 0.329. The maximum Gasteiger partial charge on any atom is 0.188 e. The summed E-state index contributed by atoms with van der Waals surface area (Å²) < 4.78 is 0. The lowest BCUT2D eigenvalue weighted by Gasteiger charge is -2.38. The fourth-order valence-electron chi connectivity index (χ4n) is 1.40. The van der Waals surface area contributed by atoms with Gasteiger partial charge >= 0.3 is 0 Å². The van der Waals surface area contributed by atoms with E-state index in [-0.39, 0.29) is 5.96 Å². The van der Waals surface area contributed by atoms with Crippen molar-refractivity contribution in [2.24, 2.45) is 5.73 Å². The molecular weight excluding hydrogens is 140 g/mol. The average molecular weight is 156 g/mol. The number of nitrogens with two attached hydrogens (primary N) is 1. The molecular formula is C7H16N4. The molecule has 0 unspecified atom stereocenters. The van der Waals surface area contributed by atoms with Gasteiger partial charge in [-0.15, -0.1) is 0 Å². The Morgan fingerprint density at radius 3 is 2.73 bits per heavy atom. The summed E-state index contributed by atoms with van der Waals surface area (Å²) in [6.45, 7) is 5.96. The van der Waals surface area contributed by atoms with Crippen LogP contribution >= 0.6 is 0 Å². The van der Waals surface area contributed by atoms with Crippen LogP contribution in [0.3, 0.4) is 0 Å². The summed E-state index contributed by atoms with van der Waals surface area (Å²) in [6, 6.07) is 0.758. The number of hydrogen-bond donors (Lipinski definition) is 3. The summed E-state index contributed by atoms with van der Waals surface area (Å²) in [7, 11) is 0. The predicted molar refractivity (Wildman–Crippen MR) is 45.5 cm³/mol. The van der Waals surface area contributed by atoms with E-state index < -0.39 is 0 Å². The molecule has 1 fully saturated rings. The molecule has 2 atom stereocenters. The van der Waals surface area contributed by atoms with Crippen LogP contribution < -0.4 is 11.1 Å². The van der Waals surface area contributed by atoms with Crippen LogP contribution in [0.5, 0.6) is 0 Å². The zero-order chi connectivity index (χ0) is 8.43. The van der Waals surface area contributed by atoms with Crippen LogP contribution in [-0.2, 0) is 0 Å². The molecule has 1 aliphatic rings. The highest BCUT2D eigenvalue weighted by Crippen LogP contribution is 2.06. The summed E-state index contributed by atoms with van der Waals surface area (Å²) in [5.41, 5.74) is 5.40. The van der Waals surface area contributed by atoms with Gasteiger partial charge in [-0.2, -0.15) is 0 Å². The summed E-state index contributed by atoms with van der Waals surface area (Å²) in [5, 5.41) is 10.6. The topological polar surface area (TPSA) is 65.1 Å². The maximum absolute atomic E-state index is 7.29. The maximum atomic E-state index is 7.29. The predicted octanol–water partition coefficient (Wildman–Crippen LogP) is -0.438. The first-order valence-electron chi connectivity index (χ1n) is 3.97. The van der Waals surface area contributed by atoms with Gasteiger partial charge in [0.2, 0.25) is 0 Å². The highest BCUT2D eigenvalue weighted by molar-refractivity contribution is 5.75. The van der Waals surface area contributed by atoms with E-state index in [9.17, 15) is 0 Å². The Bertz CT molecular complexity index is 157. The van der Waals surface area contributed by atoms with Gasteiger partial charge in [-0.25, -0.2) is 0 Å². The summed E-state index contributed by atoms with van der Waals surface area (Å²) >= 11 is 0. The van der Waals surface area contributed by atoms with Crippen LogP contribution in [-0.4, -0.2) is 36.0 Å². The third-order valence-corrected chi connectivity index (χ3v) is 2.34. The lowest BCUT2D eigenvalue weighted by Crippen LogP contribution is -2.58. The molecule has 4 N–H and O–H groups in total. The van der Waals surface area contributed by atoms with E-state index >= 15 is 0 Å². The van der Waals surface area contributed by atoms with E-state index in [1.165, 1.54) is 0 Å². The number of piperazine rings is 1. The number of hydrogen-bond acceptors (Lipinski definition) is 2. The van der Waals surface area contributed by atoms with Gasteiger partial charge < -0.3 is 16.0 Å². The number of rotatable bonds is 0. The van der Waals surface area contributed by atoms with Crippen LogP contribution in [0.15, 0.2) is 0 Å². The fourth-order valence-corrected chi connectivity index (χ4v) is 1.40. The van der Waals surface area contributed by atoms with Crippen molar-refractivity contribution >= 4 is 5.96 Å². The van der Waals surface area contributed by atoms with E-state index in [0.29, 0.717) is 12.1 Å². The molecule has 0 aliphatic carbocycles. The minimum atomic E-state index is 0.186. The number of nitrogens with one attached hydrogen (secondary N) is 2. The molecule has 1 saturated heterocycles. The lowest BCUT2D eigenvalue weighted by molar-refractivity contribution is 0.219. The Morgan fingerprint density at radius 2 is 2.27 bits per heavy atom. The van der Waals surface area contributed by atoms with Gasteiger partial charge in [-0.1, -0.05) is 0 Å². The molecule has 0 spiro atoms. The van der Waals surface area contributed by atoms with E-state index in [0.717, 1.165) is 13.1 Å². The summed E-state index contributed by atoms with van der Waals surface area (Å²) in [5.74, 6) is 0.186. The van der Waals surface area contributed by atoms with Crippen molar-refractivity contribution in [1.29, 1.82) is 5.41 Å². The second-order valence-electron chi connectivity index (χ2n) is 3.06. The lowest BCUT2D eigenvalue weighted by atomic mass is 10.1. The highest BCUT2D eigenvalue weighted by Gasteiger charge is 2.24. The summed E-state index contributed by atoms with van der Waals surface area (Å²) in [6.07, 6.45) is 0. The van der Waals surface area contributed by atoms with Crippen LogP contribution in [0.25, 0.3) is 0 Å². The first-order valence-corrected chi connectivity index (χ1v) is 3.97. The van der Waals surface area contributed by atoms with Crippen molar-refractivity contribution in [3.63, 3.8) is 0 Å². The Kier molecular flexibility index (Phi) is 2.34. The standard InChI is InChI=1S/C7H16N4/c1-5-6(2)11(7(8)9)4-3-10-5/h5-6,10H,3-4H2,1-2H3,(H3,8,9)/t5-,6-/m0/s1. The van der Waals surface area contributed by atoms with Crippen molar-refractivity contribution in [3.05, 3.63) is 0 Å². The monoisotopic (exact) mass is 156 g/mol. The Hall–Kier alpha value is -0.770. The van der Waals surface area contributed by atoms with Gasteiger partial charge in [0.1, 0.15) is 0 Å². The molecule has 1 heterocycles.